The lowest BCUT2D eigenvalue weighted by Crippen LogP contribution is -1.94. The summed E-state index contributed by atoms with van der Waals surface area (Å²) in [4.78, 5) is 4.53. The van der Waals surface area contributed by atoms with E-state index >= 15 is 0 Å². The number of hydrogen-bond donors (Lipinski definition) is 1. The van der Waals surface area contributed by atoms with Crippen molar-refractivity contribution in [2.45, 2.75) is 6.92 Å². The normalized spacial score (nSPS) is 10.6. The van der Waals surface area contributed by atoms with Gasteiger partial charge in [-0.1, -0.05) is 30.3 Å². The highest BCUT2D eigenvalue weighted by atomic mass is 16.5. The SMILES string of the molecule is Cc1cc(N)c2cccc(Oc3ccccc3)c2n1. The molecule has 0 fully saturated rings. The van der Waals surface area contributed by atoms with Gasteiger partial charge < -0.3 is 10.5 Å². The van der Waals surface area contributed by atoms with Gasteiger partial charge in [-0.15, -0.1) is 0 Å². The Morgan fingerprint density at radius 3 is 2.58 bits per heavy atom. The molecule has 0 amide bonds. The molecule has 94 valence electrons. The van der Waals surface area contributed by atoms with Crippen LogP contribution >= 0.6 is 0 Å². The van der Waals surface area contributed by atoms with Gasteiger partial charge in [-0.25, -0.2) is 4.98 Å². The number of aryl methyl sites for hydroxylation is 1. The highest BCUT2D eigenvalue weighted by Gasteiger charge is 2.07. The van der Waals surface area contributed by atoms with E-state index in [0.717, 1.165) is 33.8 Å². The van der Waals surface area contributed by atoms with Gasteiger partial charge in [0, 0.05) is 16.8 Å². The standard InChI is InChI=1S/C16H14N2O/c1-11-10-14(17)13-8-5-9-15(16(13)18-11)19-12-6-3-2-4-7-12/h2-10H,1H3,(H2,17,18). The molecule has 2 N–H and O–H groups in total. The highest BCUT2D eigenvalue weighted by molar-refractivity contribution is 5.94. The van der Waals surface area contributed by atoms with Crippen LogP contribution < -0.4 is 10.5 Å². The number of fused-ring (bicyclic) bond motifs is 1. The Hall–Kier alpha value is -2.55. The molecule has 0 saturated heterocycles. The zero-order valence-electron chi connectivity index (χ0n) is 10.6. The molecule has 0 saturated carbocycles. The average Bonchev–Trinajstić information content (AvgIpc) is 2.41. The number of aromatic nitrogens is 1. The topological polar surface area (TPSA) is 48.1 Å². The van der Waals surface area contributed by atoms with Gasteiger partial charge in [0.25, 0.3) is 0 Å². The number of para-hydroxylation sites is 2. The molecule has 3 aromatic rings. The second kappa shape index (κ2) is 4.61. The van der Waals surface area contributed by atoms with Crippen molar-refractivity contribution in [3.8, 4) is 11.5 Å². The predicted octanol–water partition coefficient (Wildman–Crippen LogP) is 3.92. The number of nitrogen functional groups attached to an aromatic ring is 1. The molecule has 19 heavy (non-hydrogen) atoms. The summed E-state index contributed by atoms with van der Waals surface area (Å²) in [5.74, 6) is 1.51. The van der Waals surface area contributed by atoms with Crippen LogP contribution in [-0.2, 0) is 0 Å². The molecule has 3 rings (SSSR count). The van der Waals surface area contributed by atoms with Crippen LogP contribution in [0.5, 0.6) is 11.5 Å². The molecule has 0 radical (unpaired) electrons. The number of hydrogen-bond acceptors (Lipinski definition) is 3. The molecule has 0 unspecified atom stereocenters. The highest BCUT2D eigenvalue weighted by Crippen LogP contribution is 2.31. The molecular formula is C16H14N2O. The number of pyridine rings is 1. The molecule has 0 spiro atoms. The van der Waals surface area contributed by atoms with E-state index in [2.05, 4.69) is 4.98 Å². The van der Waals surface area contributed by atoms with Crippen LogP contribution in [0.3, 0.4) is 0 Å². The van der Waals surface area contributed by atoms with Crippen molar-refractivity contribution >= 4 is 16.6 Å². The smallest absolute Gasteiger partial charge is 0.153 e. The fourth-order valence-corrected chi connectivity index (χ4v) is 2.08. The van der Waals surface area contributed by atoms with E-state index in [-0.39, 0.29) is 0 Å². The first kappa shape index (κ1) is 11.5. The summed E-state index contributed by atoms with van der Waals surface area (Å²) in [5.41, 5.74) is 8.43. The van der Waals surface area contributed by atoms with Gasteiger partial charge >= 0.3 is 0 Å². The van der Waals surface area contributed by atoms with Gasteiger partial charge in [-0.05, 0) is 31.2 Å². The van der Waals surface area contributed by atoms with Gasteiger partial charge in [0.05, 0.1) is 0 Å². The monoisotopic (exact) mass is 250 g/mol. The molecule has 0 bridgehead atoms. The lowest BCUT2D eigenvalue weighted by molar-refractivity contribution is 0.487. The summed E-state index contributed by atoms with van der Waals surface area (Å²) >= 11 is 0. The lowest BCUT2D eigenvalue weighted by Gasteiger charge is -2.10. The van der Waals surface area contributed by atoms with Crippen molar-refractivity contribution in [2.75, 3.05) is 5.73 Å². The number of nitrogens with two attached hydrogens (primary N) is 1. The molecule has 1 heterocycles. The average molecular weight is 250 g/mol. The maximum atomic E-state index is 6.02. The van der Waals surface area contributed by atoms with Gasteiger partial charge in [0.1, 0.15) is 11.3 Å². The molecule has 0 aliphatic carbocycles. The van der Waals surface area contributed by atoms with Crippen molar-refractivity contribution in [2.24, 2.45) is 0 Å². The number of nitrogens with zero attached hydrogens (tertiary/aromatic N) is 1. The minimum Gasteiger partial charge on any atom is -0.455 e. The molecule has 3 heteroatoms. The summed E-state index contributed by atoms with van der Waals surface area (Å²) in [7, 11) is 0. The second-order valence-electron chi connectivity index (χ2n) is 4.42. The van der Waals surface area contributed by atoms with Crippen molar-refractivity contribution in [3.63, 3.8) is 0 Å². The van der Waals surface area contributed by atoms with Crippen LogP contribution in [0.1, 0.15) is 5.69 Å². The number of ether oxygens (including phenoxy) is 1. The maximum absolute atomic E-state index is 6.02. The number of benzene rings is 2. The fraction of sp³-hybridized carbons (Fsp3) is 0.0625. The molecule has 2 aromatic carbocycles. The Balaban J connectivity index is 2.14. The molecule has 0 aliphatic heterocycles. The van der Waals surface area contributed by atoms with Crippen LogP contribution in [0.2, 0.25) is 0 Å². The number of anilines is 1. The second-order valence-corrected chi connectivity index (χ2v) is 4.42. The number of rotatable bonds is 2. The quantitative estimate of drug-likeness (QED) is 0.750. The van der Waals surface area contributed by atoms with Crippen molar-refractivity contribution in [1.29, 1.82) is 0 Å². The summed E-state index contributed by atoms with van der Waals surface area (Å²) < 4.78 is 5.88. The zero-order valence-corrected chi connectivity index (χ0v) is 10.6. The van der Waals surface area contributed by atoms with E-state index in [1.807, 2.05) is 61.5 Å². The zero-order chi connectivity index (χ0) is 13.2. The van der Waals surface area contributed by atoms with E-state index in [4.69, 9.17) is 10.5 Å². The third-order valence-electron chi connectivity index (χ3n) is 2.93. The first-order valence-corrected chi connectivity index (χ1v) is 6.13. The van der Waals surface area contributed by atoms with E-state index in [1.54, 1.807) is 0 Å². The van der Waals surface area contributed by atoms with E-state index in [0.29, 0.717) is 0 Å². The van der Waals surface area contributed by atoms with E-state index < -0.39 is 0 Å². The Labute approximate surface area is 111 Å². The summed E-state index contributed by atoms with van der Waals surface area (Å²) in [5, 5.41) is 0.916. The lowest BCUT2D eigenvalue weighted by atomic mass is 10.1. The van der Waals surface area contributed by atoms with Crippen molar-refractivity contribution < 1.29 is 4.74 Å². The molecule has 1 aromatic heterocycles. The van der Waals surface area contributed by atoms with Gasteiger partial charge in [0.15, 0.2) is 5.75 Å². The summed E-state index contributed by atoms with van der Waals surface area (Å²) in [6.07, 6.45) is 0. The van der Waals surface area contributed by atoms with Gasteiger partial charge in [-0.3, -0.25) is 0 Å². The Bertz CT molecular complexity index is 723. The van der Waals surface area contributed by atoms with Crippen molar-refractivity contribution in [1.82, 2.24) is 4.98 Å². The van der Waals surface area contributed by atoms with Crippen LogP contribution in [-0.4, -0.2) is 4.98 Å². The fourth-order valence-electron chi connectivity index (χ4n) is 2.08. The van der Waals surface area contributed by atoms with Crippen LogP contribution in [0, 0.1) is 6.92 Å². The molecule has 0 atom stereocenters. The van der Waals surface area contributed by atoms with Crippen LogP contribution in [0.15, 0.2) is 54.6 Å². The third-order valence-corrected chi connectivity index (χ3v) is 2.93. The van der Waals surface area contributed by atoms with E-state index in [1.165, 1.54) is 0 Å². The molecule has 0 aliphatic rings. The molecular weight excluding hydrogens is 236 g/mol. The third kappa shape index (κ3) is 2.22. The maximum Gasteiger partial charge on any atom is 0.153 e. The largest absolute Gasteiger partial charge is 0.455 e. The Kier molecular flexibility index (Phi) is 2.80. The predicted molar refractivity (Wildman–Crippen MR) is 77.4 cm³/mol. The summed E-state index contributed by atoms with van der Waals surface area (Å²) in [6.45, 7) is 1.93. The van der Waals surface area contributed by atoms with Gasteiger partial charge in [0.2, 0.25) is 0 Å². The minimum absolute atomic E-state index is 0.721. The first-order chi connectivity index (χ1) is 9.24. The van der Waals surface area contributed by atoms with Crippen molar-refractivity contribution in [3.05, 3.63) is 60.3 Å². The Morgan fingerprint density at radius 2 is 1.79 bits per heavy atom. The van der Waals surface area contributed by atoms with Gasteiger partial charge in [-0.2, -0.15) is 0 Å². The van der Waals surface area contributed by atoms with E-state index in [9.17, 15) is 0 Å². The minimum atomic E-state index is 0.721. The van der Waals surface area contributed by atoms with Crippen LogP contribution in [0.4, 0.5) is 5.69 Å². The molecule has 3 nitrogen and oxygen atoms in total. The van der Waals surface area contributed by atoms with Crippen LogP contribution in [0.25, 0.3) is 10.9 Å². The summed E-state index contributed by atoms with van der Waals surface area (Å²) in [6, 6.07) is 17.3. The Morgan fingerprint density at radius 1 is 1.00 bits per heavy atom. The first-order valence-electron chi connectivity index (χ1n) is 6.13.